The van der Waals surface area contributed by atoms with Crippen molar-refractivity contribution in [2.75, 3.05) is 4.72 Å². The topological polar surface area (TPSA) is 108 Å². The van der Waals surface area contributed by atoms with Crippen LogP contribution in [0.2, 0.25) is 0 Å². The number of nitrogens with zero attached hydrogens (tertiary/aromatic N) is 4. The van der Waals surface area contributed by atoms with Gasteiger partial charge in [0.15, 0.2) is 5.82 Å². The number of benzene rings is 2. The minimum Gasteiger partial charge on any atom is -0.439 e. The average Bonchev–Trinajstić information content (AvgIpc) is 3.07. The van der Waals surface area contributed by atoms with Crippen molar-refractivity contribution in [1.29, 1.82) is 0 Å². The molecular weight excluding hydrogens is 499 g/mol. The van der Waals surface area contributed by atoms with Crippen LogP contribution in [0.4, 0.5) is 18.9 Å². The molecule has 9 nitrogen and oxygen atoms in total. The zero-order chi connectivity index (χ0) is 26.1. The first-order chi connectivity index (χ1) is 16.9. The van der Waals surface area contributed by atoms with Gasteiger partial charge in [-0.1, -0.05) is 12.1 Å². The monoisotopic (exact) mass is 519 g/mol. The van der Waals surface area contributed by atoms with E-state index in [-0.39, 0.29) is 11.6 Å². The molecule has 0 unspecified atom stereocenters. The van der Waals surface area contributed by atoms with Crippen LogP contribution in [0, 0.1) is 20.8 Å². The van der Waals surface area contributed by atoms with E-state index in [0.717, 1.165) is 29.1 Å². The van der Waals surface area contributed by atoms with E-state index in [9.17, 15) is 21.6 Å². The fraction of sp³-hybridized carbons (Fsp3) is 0.174. The fourth-order valence-corrected chi connectivity index (χ4v) is 4.44. The zero-order valence-corrected chi connectivity index (χ0v) is 20.1. The summed E-state index contributed by atoms with van der Waals surface area (Å²) in [6.07, 6.45) is -3.71. The Labute approximate surface area is 204 Å². The van der Waals surface area contributed by atoms with Gasteiger partial charge < -0.3 is 9.47 Å². The Hall–Kier alpha value is -4.13. The largest absolute Gasteiger partial charge is 0.573 e. The Kier molecular flexibility index (Phi) is 6.59. The van der Waals surface area contributed by atoms with Crippen molar-refractivity contribution >= 4 is 15.7 Å². The number of aromatic nitrogens is 4. The van der Waals surface area contributed by atoms with Gasteiger partial charge in [0.1, 0.15) is 22.7 Å². The van der Waals surface area contributed by atoms with Crippen molar-refractivity contribution in [2.45, 2.75) is 32.0 Å². The highest BCUT2D eigenvalue weighted by Crippen LogP contribution is 2.31. The van der Waals surface area contributed by atoms with Crippen LogP contribution in [0.25, 0.3) is 5.82 Å². The highest BCUT2D eigenvalue weighted by molar-refractivity contribution is 7.92. The van der Waals surface area contributed by atoms with Crippen LogP contribution in [-0.2, 0) is 10.0 Å². The highest BCUT2D eigenvalue weighted by Gasteiger charge is 2.34. The first-order valence-corrected chi connectivity index (χ1v) is 11.9. The lowest BCUT2D eigenvalue weighted by molar-refractivity contribution is -0.275. The molecule has 0 radical (unpaired) electrons. The molecule has 13 heteroatoms. The zero-order valence-electron chi connectivity index (χ0n) is 19.2. The number of hydrogen-bond donors (Lipinski definition) is 1. The number of aryl methyl sites for hydroxylation is 1. The maximum absolute atomic E-state index is 12.7. The molecule has 0 spiro atoms. The van der Waals surface area contributed by atoms with Crippen LogP contribution in [0.3, 0.4) is 0 Å². The average molecular weight is 520 g/mol. The lowest BCUT2D eigenvalue weighted by Gasteiger charge is -2.14. The van der Waals surface area contributed by atoms with Gasteiger partial charge in [0, 0.05) is 17.4 Å². The molecule has 4 aromatic rings. The molecule has 0 bridgehead atoms. The molecule has 4 rings (SSSR count). The molecule has 1 N–H and O–H groups in total. The molecule has 36 heavy (non-hydrogen) atoms. The summed E-state index contributed by atoms with van der Waals surface area (Å²) in [7, 11) is -4.38. The molecular formula is C23H20F3N5O4S. The summed E-state index contributed by atoms with van der Waals surface area (Å²) in [6.45, 7) is 5.78. The second-order valence-electron chi connectivity index (χ2n) is 7.65. The maximum atomic E-state index is 12.7. The van der Waals surface area contributed by atoms with Gasteiger partial charge in [-0.25, -0.2) is 23.1 Å². The molecule has 0 aliphatic heterocycles. The van der Waals surface area contributed by atoms with Crippen LogP contribution in [0.1, 0.15) is 17.0 Å². The molecule has 0 aliphatic carbocycles. The van der Waals surface area contributed by atoms with E-state index in [1.807, 2.05) is 20.8 Å². The van der Waals surface area contributed by atoms with Crippen molar-refractivity contribution in [1.82, 2.24) is 19.7 Å². The second kappa shape index (κ2) is 9.49. The van der Waals surface area contributed by atoms with Crippen molar-refractivity contribution in [2.24, 2.45) is 0 Å². The molecule has 2 aromatic carbocycles. The predicted molar refractivity (Wildman–Crippen MR) is 124 cm³/mol. The quantitative estimate of drug-likeness (QED) is 0.363. The van der Waals surface area contributed by atoms with Crippen LogP contribution in [0.5, 0.6) is 17.4 Å². The van der Waals surface area contributed by atoms with Gasteiger partial charge in [0.05, 0.1) is 5.69 Å². The number of halogens is 3. The minimum atomic E-state index is -5.04. The second-order valence-corrected chi connectivity index (χ2v) is 9.30. The lowest BCUT2D eigenvalue weighted by atomic mass is 10.2. The molecule has 0 atom stereocenters. The van der Waals surface area contributed by atoms with E-state index in [2.05, 4.69) is 24.5 Å². The van der Waals surface area contributed by atoms with E-state index >= 15 is 0 Å². The Morgan fingerprint density at radius 2 is 1.67 bits per heavy atom. The van der Waals surface area contributed by atoms with Gasteiger partial charge in [0.2, 0.25) is 5.88 Å². The first-order valence-electron chi connectivity index (χ1n) is 10.4. The van der Waals surface area contributed by atoms with Gasteiger partial charge in [0.25, 0.3) is 10.0 Å². The van der Waals surface area contributed by atoms with Crippen molar-refractivity contribution in [3.05, 3.63) is 77.9 Å². The summed E-state index contributed by atoms with van der Waals surface area (Å²) in [5, 5.41) is 4.46. The third-order valence-electron chi connectivity index (χ3n) is 5.19. The van der Waals surface area contributed by atoms with E-state index < -0.39 is 27.0 Å². The first kappa shape index (κ1) is 25.0. The number of sulfonamides is 1. The number of alkyl halides is 3. The number of hydrogen-bond acceptors (Lipinski definition) is 7. The molecule has 0 aliphatic rings. The summed E-state index contributed by atoms with van der Waals surface area (Å²) in [4.78, 5) is 7.66. The third kappa shape index (κ3) is 5.57. The predicted octanol–water partition coefficient (Wildman–Crippen LogP) is 5.08. The van der Waals surface area contributed by atoms with E-state index in [1.165, 1.54) is 42.7 Å². The number of anilines is 1. The molecule has 0 saturated carbocycles. The molecule has 0 amide bonds. The molecule has 2 heterocycles. The Morgan fingerprint density at radius 1 is 0.972 bits per heavy atom. The Bertz CT molecular complexity index is 1500. The van der Waals surface area contributed by atoms with E-state index in [0.29, 0.717) is 11.6 Å². The smallest absolute Gasteiger partial charge is 0.439 e. The van der Waals surface area contributed by atoms with Gasteiger partial charge in [-0.2, -0.15) is 5.10 Å². The summed E-state index contributed by atoms with van der Waals surface area (Å²) in [5.74, 6) is 0.248. The van der Waals surface area contributed by atoms with Crippen LogP contribution < -0.4 is 14.2 Å². The number of ether oxygens (including phenoxy) is 2. The molecule has 0 saturated heterocycles. The molecule has 188 valence electrons. The number of nitrogens with one attached hydrogen (secondary N) is 1. The summed E-state index contributed by atoms with van der Waals surface area (Å²) in [6, 6.07) is 11.8. The standard InChI is InChI=1S/C23H20F3N5O4S/c1-14-15(2)29-31(16(14)3)21-12-22(28-13-27-21)34-18-10-8-17(9-11-18)30-36(32,33)20-7-5-4-6-19(20)35-23(24,25)26/h4-13,30H,1-3H3. The molecule has 0 fully saturated rings. The highest BCUT2D eigenvalue weighted by atomic mass is 32.2. The van der Waals surface area contributed by atoms with Crippen molar-refractivity contribution in [3.63, 3.8) is 0 Å². The van der Waals surface area contributed by atoms with Crippen molar-refractivity contribution < 1.29 is 31.1 Å². The Morgan fingerprint density at radius 3 is 2.31 bits per heavy atom. The fourth-order valence-electron chi connectivity index (χ4n) is 3.25. The van der Waals surface area contributed by atoms with Gasteiger partial charge >= 0.3 is 6.36 Å². The van der Waals surface area contributed by atoms with E-state index in [1.54, 1.807) is 10.7 Å². The van der Waals surface area contributed by atoms with Gasteiger partial charge in [-0.05, 0) is 62.7 Å². The summed E-state index contributed by atoms with van der Waals surface area (Å²) >= 11 is 0. The van der Waals surface area contributed by atoms with Gasteiger partial charge in [-0.3, -0.25) is 4.72 Å². The maximum Gasteiger partial charge on any atom is 0.573 e. The number of rotatable bonds is 7. The number of para-hydroxylation sites is 1. The van der Waals surface area contributed by atoms with E-state index in [4.69, 9.17) is 4.74 Å². The van der Waals surface area contributed by atoms with Crippen molar-refractivity contribution in [3.8, 4) is 23.2 Å². The van der Waals surface area contributed by atoms with Gasteiger partial charge in [-0.15, -0.1) is 13.2 Å². The van der Waals surface area contributed by atoms with Crippen LogP contribution >= 0.6 is 0 Å². The van der Waals surface area contributed by atoms with Crippen LogP contribution in [0.15, 0.2) is 65.8 Å². The third-order valence-corrected chi connectivity index (χ3v) is 6.61. The summed E-state index contributed by atoms with van der Waals surface area (Å²) in [5.41, 5.74) is 2.95. The minimum absolute atomic E-state index is 0.102. The summed E-state index contributed by atoms with van der Waals surface area (Å²) < 4.78 is 76.8. The lowest BCUT2D eigenvalue weighted by Crippen LogP contribution is -2.20. The Balaban J connectivity index is 1.50. The van der Waals surface area contributed by atoms with Crippen LogP contribution in [-0.4, -0.2) is 34.5 Å². The molecule has 2 aromatic heterocycles. The SMILES string of the molecule is Cc1nn(-c2cc(Oc3ccc(NS(=O)(=O)c4ccccc4OC(F)(F)F)cc3)ncn2)c(C)c1C. The normalized spacial score (nSPS) is 11.8.